The molecule has 2 amide bonds. The highest BCUT2D eigenvalue weighted by Gasteiger charge is 2.69. The second-order valence-corrected chi connectivity index (χ2v) is 11.9. The Hall–Kier alpha value is -4.01. The molecular formula is C34H35N3O5. The molecule has 5 aliphatic rings. The average Bonchev–Trinajstić information content (AvgIpc) is 3.26. The number of hydrogen-bond donors (Lipinski definition) is 1. The van der Waals surface area contributed by atoms with Crippen LogP contribution in [0.1, 0.15) is 35.1 Å². The molecule has 2 saturated heterocycles. The van der Waals surface area contributed by atoms with E-state index in [2.05, 4.69) is 9.80 Å². The summed E-state index contributed by atoms with van der Waals surface area (Å²) in [5.74, 6) is -1.71. The number of imide groups is 1. The van der Waals surface area contributed by atoms with Gasteiger partial charge in [-0.3, -0.25) is 24.2 Å². The van der Waals surface area contributed by atoms with E-state index in [9.17, 15) is 19.5 Å². The zero-order valence-electron chi connectivity index (χ0n) is 23.9. The predicted molar refractivity (Wildman–Crippen MR) is 158 cm³/mol. The van der Waals surface area contributed by atoms with Crippen molar-refractivity contribution >= 4 is 23.3 Å². The monoisotopic (exact) mass is 565 g/mol. The van der Waals surface area contributed by atoms with Crippen LogP contribution in [0.5, 0.6) is 5.75 Å². The van der Waals surface area contributed by atoms with Gasteiger partial charge in [0.25, 0.3) is 0 Å². The fraction of sp³-hybridized carbons (Fsp3) is 0.382. The third-order valence-corrected chi connectivity index (χ3v) is 9.93. The average molecular weight is 566 g/mol. The number of ether oxygens (including phenoxy) is 1. The van der Waals surface area contributed by atoms with Gasteiger partial charge in [0.05, 0.1) is 42.7 Å². The second-order valence-electron chi connectivity index (χ2n) is 11.9. The third-order valence-electron chi connectivity index (χ3n) is 9.93. The van der Waals surface area contributed by atoms with Crippen molar-refractivity contribution in [2.45, 2.75) is 24.4 Å². The van der Waals surface area contributed by atoms with Crippen molar-refractivity contribution in [2.24, 2.45) is 11.8 Å². The Morgan fingerprint density at radius 1 is 0.881 bits per heavy atom. The Kier molecular flexibility index (Phi) is 6.44. The summed E-state index contributed by atoms with van der Waals surface area (Å²) in [7, 11) is 1.67. The molecule has 3 atom stereocenters. The molecule has 2 aliphatic heterocycles. The van der Waals surface area contributed by atoms with E-state index < -0.39 is 23.4 Å². The topological polar surface area (TPSA) is 90.4 Å². The number of aliphatic hydroxyl groups is 1. The molecule has 42 heavy (non-hydrogen) atoms. The van der Waals surface area contributed by atoms with Gasteiger partial charge in [0.2, 0.25) is 11.8 Å². The second kappa shape index (κ2) is 10.1. The third kappa shape index (κ3) is 3.71. The number of methoxy groups -OCH3 is 1. The number of amides is 2. The number of para-hydroxylation sites is 2. The van der Waals surface area contributed by atoms with Gasteiger partial charge in [-0.1, -0.05) is 60.7 Å². The summed E-state index contributed by atoms with van der Waals surface area (Å²) in [6.07, 6.45) is -0.897. The van der Waals surface area contributed by atoms with Crippen LogP contribution in [0.4, 0.5) is 5.69 Å². The van der Waals surface area contributed by atoms with E-state index in [1.54, 1.807) is 7.11 Å². The lowest BCUT2D eigenvalue weighted by Crippen LogP contribution is -2.57. The number of aliphatic hydroxyl groups excluding tert-OH is 1. The number of piperazine rings is 1. The number of nitrogens with zero attached hydrogens (tertiary/aromatic N) is 3. The van der Waals surface area contributed by atoms with Crippen LogP contribution < -0.4 is 9.64 Å². The summed E-state index contributed by atoms with van der Waals surface area (Å²) >= 11 is 0. The highest BCUT2D eigenvalue weighted by Crippen LogP contribution is 2.64. The molecule has 2 fully saturated rings. The van der Waals surface area contributed by atoms with Gasteiger partial charge in [-0.05, 0) is 41.3 Å². The minimum Gasteiger partial charge on any atom is -0.495 e. The molecule has 3 aromatic rings. The minimum absolute atomic E-state index is 0.0786. The van der Waals surface area contributed by atoms with Crippen molar-refractivity contribution in [1.82, 2.24) is 9.80 Å². The number of ketones is 1. The molecule has 0 aromatic heterocycles. The molecule has 2 bridgehead atoms. The summed E-state index contributed by atoms with van der Waals surface area (Å²) in [5, 5.41) is 11.2. The molecule has 8 nitrogen and oxygen atoms in total. The van der Waals surface area contributed by atoms with Crippen molar-refractivity contribution < 1.29 is 24.2 Å². The molecule has 3 aliphatic carbocycles. The number of hydrogen-bond acceptors (Lipinski definition) is 7. The fourth-order valence-corrected chi connectivity index (χ4v) is 8.24. The predicted octanol–water partition coefficient (Wildman–Crippen LogP) is 2.81. The van der Waals surface area contributed by atoms with Crippen LogP contribution in [0, 0.1) is 11.8 Å². The largest absolute Gasteiger partial charge is 0.495 e. The molecule has 8 rings (SSSR count). The van der Waals surface area contributed by atoms with E-state index in [4.69, 9.17) is 4.74 Å². The molecule has 0 unspecified atom stereocenters. The van der Waals surface area contributed by atoms with Gasteiger partial charge in [0, 0.05) is 38.6 Å². The number of carbonyl (C=O) groups excluding carboxylic acids is 3. The van der Waals surface area contributed by atoms with Gasteiger partial charge < -0.3 is 14.7 Å². The summed E-state index contributed by atoms with van der Waals surface area (Å²) in [6, 6.07) is 23.5. The number of carbonyl (C=O) groups is 3. The van der Waals surface area contributed by atoms with E-state index in [-0.39, 0.29) is 30.1 Å². The molecule has 0 spiro atoms. The Balaban J connectivity index is 1.12. The van der Waals surface area contributed by atoms with Crippen molar-refractivity contribution in [2.75, 3.05) is 51.3 Å². The van der Waals surface area contributed by atoms with Crippen LogP contribution in [0.15, 0.2) is 72.8 Å². The molecule has 0 saturated carbocycles. The number of β-amino-alcohol motifs (C(OH)–C–C–N with tert-alkyl or cyclic N) is 1. The smallest absolute Gasteiger partial charge is 0.234 e. The van der Waals surface area contributed by atoms with E-state index in [0.717, 1.165) is 59.9 Å². The number of Topliss-reactive ketones (excluding diaryl/α,β-unsaturated/α-hetero) is 1. The normalized spacial score (nSPS) is 27.0. The summed E-state index contributed by atoms with van der Waals surface area (Å²) in [6.45, 7) is 4.84. The Morgan fingerprint density at radius 2 is 1.48 bits per heavy atom. The SMILES string of the molecule is COc1ccccc1N1CCN(C[C@@H](O)CN2C(=O)[C@@H]3[C@@H](C2=O)C2c4ccccc4C3(C(C)=O)c3ccccc32)CC1. The highest BCUT2D eigenvalue weighted by molar-refractivity contribution is 6.13. The van der Waals surface area contributed by atoms with Crippen molar-refractivity contribution in [3.63, 3.8) is 0 Å². The van der Waals surface area contributed by atoms with Gasteiger partial charge >= 0.3 is 0 Å². The number of likely N-dealkylation sites (tertiary alicyclic amines) is 1. The first kappa shape index (κ1) is 26.9. The quantitative estimate of drug-likeness (QED) is 0.441. The summed E-state index contributed by atoms with van der Waals surface area (Å²) in [4.78, 5) is 47.6. The maximum absolute atomic E-state index is 14.2. The number of anilines is 1. The minimum atomic E-state index is -1.21. The lowest BCUT2D eigenvalue weighted by Gasteiger charge is -2.52. The zero-order valence-corrected chi connectivity index (χ0v) is 23.9. The van der Waals surface area contributed by atoms with E-state index in [0.29, 0.717) is 6.54 Å². The van der Waals surface area contributed by atoms with E-state index in [1.807, 2.05) is 72.8 Å². The van der Waals surface area contributed by atoms with Gasteiger partial charge in [-0.25, -0.2) is 0 Å². The first-order valence-corrected chi connectivity index (χ1v) is 14.7. The van der Waals surface area contributed by atoms with Crippen LogP contribution in [0.25, 0.3) is 0 Å². The molecular weight excluding hydrogens is 530 g/mol. The number of rotatable bonds is 7. The highest BCUT2D eigenvalue weighted by atomic mass is 16.5. The fourth-order valence-electron chi connectivity index (χ4n) is 8.24. The lowest BCUT2D eigenvalue weighted by molar-refractivity contribution is -0.143. The molecule has 8 heteroatoms. The maximum atomic E-state index is 14.2. The summed E-state index contributed by atoms with van der Waals surface area (Å²) < 4.78 is 5.52. The van der Waals surface area contributed by atoms with E-state index >= 15 is 0 Å². The van der Waals surface area contributed by atoms with Gasteiger partial charge in [0.15, 0.2) is 0 Å². The van der Waals surface area contributed by atoms with Gasteiger partial charge in [0.1, 0.15) is 11.5 Å². The molecule has 216 valence electrons. The van der Waals surface area contributed by atoms with E-state index in [1.165, 1.54) is 11.8 Å². The van der Waals surface area contributed by atoms with Crippen LogP contribution in [-0.4, -0.2) is 85.0 Å². The van der Waals surface area contributed by atoms with Crippen LogP contribution in [0.2, 0.25) is 0 Å². The van der Waals surface area contributed by atoms with Gasteiger partial charge in [-0.15, -0.1) is 0 Å². The van der Waals surface area contributed by atoms with Crippen LogP contribution >= 0.6 is 0 Å². The maximum Gasteiger partial charge on any atom is 0.234 e. The zero-order chi connectivity index (χ0) is 29.2. The van der Waals surface area contributed by atoms with Crippen LogP contribution in [-0.2, 0) is 19.8 Å². The van der Waals surface area contributed by atoms with Crippen molar-refractivity contribution in [3.05, 3.63) is 95.1 Å². The Morgan fingerprint density at radius 3 is 2.10 bits per heavy atom. The van der Waals surface area contributed by atoms with Crippen molar-refractivity contribution in [1.29, 1.82) is 0 Å². The summed E-state index contributed by atoms with van der Waals surface area (Å²) in [5.41, 5.74) is 3.39. The number of benzene rings is 3. The molecule has 0 radical (unpaired) electrons. The Bertz CT molecular complexity index is 1530. The Labute approximate surface area is 245 Å². The lowest BCUT2D eigenvalue weighted by atomic mass is 9.46. The molecule has 3 aromatic carbocycles. The first-order chi connectivity index (χ1) is 20.4. The molecule has 1 N–H and O–H groups in total. The molecule has 2 heterocycles. The van der Waals surface area contributed by atoms with Crippen LogP contribution in [0.3, 0.4) is 0 Å². The van der Waals surface area contributed by atoms with Crippen molar-refractivity contribution in [3.8, 4) is 5.75 Å². The van der Waals surface area contributed by atoms with Gasteiger partial charge in [-0.2, -0.15) is 0 Å². The first-order valence-electron chi connectivity index (χ1n) is 14.7. The standard InChI is InChI=1S/C34H35N3O5/c1-21(38)34-25-11-5-3-9-23(25)29(24-10-4-6-12-26(24)34)30-31(34)33(41)37(32(30)40)20-22(39)19-35-15-17-36(18-16-35)27-13-7-8-14-28(27)42-2/h3-14,22,29-31,39H,15-20H2,1-2H3/t22-,29?,30+,31+,34?/m1/s1.